The Bertz CT molecular complexity index is 410. The second kappa shape index (κ2) is 5.98. The lowest BCUT2D eigenvalue weighted by Crippen LogP contribution is -2.38. The summed E-state index contributed by atoms with van der Waals surface area (Å²) in [4.78, 5) is 14.7. The molecule has 0 bridgehead atoms. The Morgan fingerprint density at radius 3 is 2.47 bits per heavy atom. The van der Waals surface area contributed by atoms with Crippen molar-refractivity contribution in [1.82, 2.24) is 4.90 Å². The van der Waals surface area contributed by atoms with Crippen LogP contribution in [0.3, 0.4) is 0 Å². The van der Waals surface area contributed by atoms with Gasteiger partial charge in [0.25, 0.3) is 0 Å². The molecule has 0 saturated carbocycles. The van der Waals surface area contributed by atoms with Crippen molar-refractivity contribution in [2.75, 3.05) is 32.1 Å². The Balaban J connectivity index is 3.05. The molecule has 6 heteroatoms. The third-order valence-corrected chi connectivity index (χ3v) is 2.71. The van der Waals surface area contributed by atoms with Crippen molar-refractivity contribution >= 4 is 34.9 Å². The van der Waals surface area contributed by atoms with Gasteiger partial charge in [-0.05, 0) is 18.2 Å². The maximum absolute atomic E-state index is 11.8. The Morgan fingerprint density at radius 1 is 1.41 bits per heavy atom. The molecule has 0 fully saturated rings. The van der Waals surface area contributed by atoms with E-state index >= 15 is 0 Å². The summed E-state index contributed by atoms with van der Waals surface area (Å²) in [5.41, 5.74) is 0.629. The molecule has 0 heterocycles. The molecular formula is C11H14Cl2N2O2. The Morgan fingerprint density at radius 2 is 2.06 bits per heavy atom. The SMILES string of the molecule is COc1ccc(N(CCl)C(=O)N(C)C)cc1Cl. The number of rotatable bonds is 3. The molecule has 4 nitrogen and oxygen atoms in total. The molecule has 0 aliphatic rings. The summed E-state index contributed by atoms with van der Waals surface area (Å²) < 4.78 is 5.04. The molecule has 0 aromatic heterocycles. The number of carbonyl (C=O) groups is 1. The fourth-order valence-electron chi connectivity index (χ4n) is 1.30. The van der Waals surface area contributed by atoms with Gasteiger partial charge in [-0.3, -0.25) is 4.90 Å². The van der Waals surface area contributed by atoms with Crippen LogP contribution in [0.2, 0.25) is 5.02 Å². The predicted molar refractivity (Wildman–Crippen MR) is 70.3 cm³/mol. The van der Waals surface area contributed by atoms with Gasteiger partial charge in [0.2, 0.25) is 0 Å². The van der Waals surface area contributed by atoms with Gasteiger partial charge in [0, 0.05) is 19.8 Å². The van der Waals surface area contributed by atoms with E-state index in [0.29, 0.717) is 16.5 Å². The van der Waals surface area contributed by atoms with Crippen molar-refractivity contribution in [3.63, 3.8) is 0 Å². The highest BCUT2D eigenvalue weighted by molar-refractivity contribution is 6.32. The summed E-state index contributed by atoms with van der Waals surface area (Å²) in [6.45, 7) is 0. The summed E-state index contributed by atoms with van der Waals surface area (Å²) in [6.07, 6.45) is 0. The minimum atomic E-state index is -0.207. The van der Waals surface area contributed by atoms with Crippen LogP contribution in [0.15, 0.2) is 18.2 Å². The predicted octanol–water partition coefficient (Wildman–Crippen LogP) is 3.03. The lowest BCUT2D eigenvalue weighted by atomic mass is 10.3. The van der Waals surface area contributed by atoms with Crippen molar-refractivity contribution in [2.24, 2.45) is 0 Å². The van der Waals surface area contributed by atoms with E-state index in [9.17, 15) is 4.79 Å². The summed E-state index contributed by atoms with van der Waals surface area (Å²) in [7, 11) is 4.85. The lowest BCUT2D eigenvalue weighted by molar-refractivity contribution is 0.225. The Kier molecular flexibility index (Phi) is 4.90. The maximum atomic E-state index is 11.8. The van der Waals surface area contributed by atoms with E-state index in [4.69, 9.17) is 27.9 Å². The van der Waals surface area contributed by atoms with Gasteiger partial charge in [-0.25, -0.2) is 4.79 Å². The number of alkyl halides is 1. The van der Waals surface area contributed by atoms with Crippen LogP contribution in [0.25, 0.3) is 0 Å². The van der Waals surface area contributed by atoms with E-state index in [2.05, 4.69) is 0 Å². The van der Waals surface area contributed by atoms with E-state index in [1.54, 1.807) is 32.3 Å². The number of urea groups is 1. The number of anilines is 1. The van der Waals surface area contributed by atoms with E-state index in [1.807, 2.05) is 0 Å². The van der Waals surface area contributed by atoms with Crippen LogP contribution in [0.1, 0.15) is 0 Å². The molecule has 1 aromatic carbocycles. The molecular weight excluding hydrogens is 263 g/mol. The number of ether oxygens (including phenoxy) is 1. The summed E-state index contributed by atoms with van der Waals surface area (Å²) in [5, 5.41) is 0.437. The Hall–Kier alpha value is -1.13. The monoisotopic (exact) mass is 276 g/mol. The maximum Gasteiger partial charge on any atom is 0.325 e. The molecule has 1 aromatic rings. The van der Waals surface area contributed by atoms with Gasteiger partial charge in [0.1, 0.15) is 11.8 Å². The van der Waals surface area contributed by atoms with Gasteiger partial charge in [0.05, 0.1) is 12.1 Å². The number of benzene rings is 1. The smallest absolute Gasteiger partial charge is 0.325 e. The van der Waals surface area contributed by atoms with E-state index in [1.165, 1.54) is 16.9 Å². The molecule has 17 heavy (non-hydrogen) atoms. The molecule has 0 N–H and O–H groups in total. The van der Waals surface area contributed by atoms with Crippen LogP contribution in [0, 0.1) is 0 Å². The average molecular weight is 277 g/mol. The Labute approximate surface area is 111 Å². The van der Waals surface area contributed by atoms with Crippen molar-refractivity contribution in [3.05, 3.63) is 23.2 Å². The number of nitrogens with zero attached hydrogens (tertiary/aromatic N) is 2. The third-order valence-electron chi connectivity index (χ3n) is 2.18. The van der Waals surface area contributed by atoms with Crippen LogP contribution < -0.4 is 9.64 Å². The number of halogens is 2. The van der Waals surface area contributed by atoms with Gasteiger partial charge < -0.3 is 9.64 Å². The quantitative estimate of drug-likeness (QED) is 0.628. The normalized spacial score (nSPS) is 9.94. The van der Waals surface area contributed by atoms with Crippen molar-refractivity contribution in [2.45, 2.75) is 0 Å². The van der Waals surface area contributed by atoms with Gasteiger partial charge >= 0.3 is 6.03 Å². The van der Waals surface area contributed by atoms with Crippen LogP contribution in [-0.2, 0) is 0 Å². The number of hydrogen-bond acceptors (Lipinski definition) is 2. The van der Waals surface area contributed by atoms with Crippen LogP contribution >= 0.6 is 23.2 Å². The average Bonchev–Trinajstić information content (AvgIpc) is 2.30. The lowest BCUT2D eigenvalue weighted by Gasteiger charge is -2.24. The second-order valence-electron chi connectivity index (χ2n) is 3.54. The molecule has 1 rings (SSSR count). The second-order valence-corrected chi connectivity index (χ2v) is 4.19. The van der Waals surface area contributed by atoms with Crippen molar-refractivity contribution < 1.29 is 9.53 Å². The van der Waals surface area contributed by atoms with E-state index < -0.39 is 0 Å². The standard InChI is InChI=1S/C11H14Cl2N2O2/c1-14(2)11(16)15(7-12)8-4-5-10(17-3)9(13)6-8/h4-6H,7H2,1-3H3. The highest BCUT2D eigenvalue weighted by atomic mass is 35.5. The highest BCUT2D eigenvalue weighted by Gasteiger charge is 2.17. The molecule has 94 valence electrons. The zero-order valence-corrected chi connectivity index (χ0v) is 11.4. The largest absolute Gasteiger partial charge is 0.495 e. The minimum absolute atomic E-state index is 0.0552. The fraction of sp³-hybridized carbons (Fsp3) is 0.364. The first-order valence-corrected chi connectivity index (χ1v) is 5.80. The summed E-state index contributed by atoms with van der Waals surface area (Å²) in [5.74, 6) is 0.558. The molecule has 2 amide bonds. The molecule has 0 aliphatic carbocycles. The minimum Gasteiger partial charge on any atom is -0.495 e. The molecule has 0 radical (unpaired) electrons. The van der Waals surface area contributed by atoms with Crippen molar-refractivity contribution in [3.8, 4) is 5.75 Å². The van der Waals surface area contributed by atoms with Gasteiger partial charge in [-0.15, -0.1) is 11.6 Å². The number of hydrogen-bond donors (Lipinski definition) is 0. The van der Waals surface area contributed by atoms with Gasteiger partial charge in [-0.1, -0.05) is 11.6 Å². The van der Waals surface area contributed by atoms with E-state index in [-0.39, 0.29) is 12.0 Å². The first-order valence-electron chi connectivity index (χ1n) is 4.89. The number of methoxy groups -OCH3 is 1. The van der Waals surface area contributed by atoms with Crippen LogP contribution in [-0.4, -0.2) is 38.1 Å². The zero-order chi connectivity index (χ0) is 13.0. The molecule has 0 unspecified atom stereocenters. The van der Waals surface area contributed by atoms with Crippen LogP contribution in [0.5, 0.6) is 5.75 Å². The van der Waals surface area contributed by atoms with Crippen molar-refractivity contribution in [1.29, 1.82) is 0 Å². The highest BCUT2D eigenvalue weighted by Crippen LogP contribution is 2.29. The summed E-state index contributed by atoms with van der Waals surface area (Å²) >= 11 is 11.8. The van der Waals surface area contributed by atoms with Gasteiger partial charge in [-0.2, -0.15) is 0 Å². The molecule has 0 aliphatic heterocycles. The molecule has 0 spiro atoms. The third kappa shape index (κ3) is 3.17. The molecule has 0 saturated heterocycles. The van der Waals surface area contributed by atoms with E-state index in [0.717, 1.165) is 0 Å². The van der Waals surface area contributed by atoms with Gasteiger partial charge in [0.15, 0.2) is 0 Å². The first kappa shape index (κ1) is 13.9. The number of carbonyl (C=O) groups excluding carboxylic acids is 1. The topological polar surface area (TPSA) is 32.8 Å². The fourth-order valence-corrected chi connectivity index (χ4v) is 1.79. The zero-order valence-electron chi connectivity index (χ0n) is 9.91. The number of amides is 2. The van der Waals surface area contributed by atoms with Crippen LogP contribution in [0.4, 0.5) is 10.5 Å². The first-order chi connectivity index (χ1) is 8.01. The molecule has 0 atom stereocenters. The summed E-state index contributed by atoms with van der Waals surface area (Å²) in [6, 6.07) is 4.92.